The minimum absolute atomic E-state index is 0.00787. The maximum Gasteiger partial charge on any atom is 0.280 e. The number of hydrogen-bond acceptors (Lipinski definition) is 7. The number of nitrogens with one attached hydrogen (secondary N) is 2. The molecule has 0 atom stereocenters. The van der Waals surface area contributed by atoms with E-state index >= 15 is 0 Å². The smallest absolute Gasteiger partial charge is 0.280 e. The molecule has 1 saturated heterocycles. The molecule has 0 radical (unpaired) electrons. The van der Waals surface area contributed by atoms with Gasteiger partial charge in [0.2, 0.25) is 5.95 Å². The van der Waals surface area contributed by atoms with Gasteiger partial charge in [0.1, 0.15) is 11.6 Å². The van der Waals surface area contributed by atoms with Crippen LogP contribution in [0.15, 0.2) is 41.6 Å². The van der Waals surface area contributed by atoms with Crippen molar-refractivity contribution in [1.82, 2.24) is 19.5 Å². The van der Waals surface area contributed by atoms with Crippen LogP contribution in [0.4, 0.5) is 23.1 Å². The zero-order valence-corrected chi connectivity index (χ0v) is 19.6. The molecule has 32 heavy (non-hydrogen) atoms. The lowest BCUT2D eigenvalue weighted by Gasteiger charge is -2.17. The molecule has 0 aliphatic carbocycles. The van der Waals surface area contributed by atoms with E-state index in [1.165, 1.54) is 19.0 Å². The van der Waals surface area contributed by atoms with Crippen LogP contribution in [0, 0.1) is 6.92 Å². The third kappa shape index (κ3) is 4.85. The minimum Gasteiger partial charge on any atom is -0.356 e. The highest BCUT2D eigenvalue weighted by Gasteiger charge is 2.21. The molecule has 3 aromatic rings. The summed E-state index contributed by atoms with van der Waals surface area (Å²) in [5.41, 5.74) is 2.12. The number of rotatable bonds is 7. The van der Waals surface area contributed by atoms with Crippen molar-refractivity contribution in [3.8, 4) is 0 Å². The van der Waals surface area contributed by atoms with Crippen LogP contribution >= 0.6 is 0 Å². The van der Waals surface area contributed by atoms with Gasteiger partial charge in [0.05, 0.1) is 0 Å². The lowest BCUT2D eigenvalue weighted by Crippen LogP contribution is -2.19. The molecule has 0 saturated carbocycles. The topological polar surface area (TPSA) is 105 Å². The Kier molecular flexibility index (Phi) is 6.05. The molecule has 10 heteroatoms. The van der Waals surface area contributed by atoms with Crippen LogP contribution in [0.5, 0.6) is 0 Å². The lowest BCUT2D eigenvalue weighted by atomic mass is 10.2. The molecule has 1 fully saturated rings. The fraction of sp³-hybridized carbons (Fsp3) is 0.409. The first-order valence-corrected chi connectivity index (χ1v) is 12.2. The van der Waals surface area contributed by atoms with Crippen molar-refractivity contribution in [1.29, 1.82) is 0 Å². The molecule has 0 spiro atoms. The van der Waals surface area contributed by atoms with E-state index < -0.39 is 10.0 Å². The molecular formula is C22H29N7O2S. The summed E-state index contributed by atoms with van der Waals surface area (Å²) in [5.74, 6) is 2.30. The summed E-state index contributed by atoms with van der Waals surface area (Å²) in [6.45, 7) is 7.93. The largest absolute Gasteiger partial charge is 0.356 e. The summed E-state index contributed by atoms with van der Waals surface area (Å²) in [6.07, 6.45) is 3.89. The van der Waals surface area contributed by atoms with Gasteiger partial charge in [-0.1, -0.05) is 13.8 Å². The molecule has 2 aromatic heterocycles. The van der Waals surface area contributed by atoms with E-state index in [2.05, 4.69) is 29.9 Å². The number of aromatic nitrogens is 4. The Morgan fingerprint density at radius 3 is 2.28 bits per heavy atom. The van der Waals surface area contributed by atoms with Crippen LogP contribution in [-0.2, 0) is 17.1 Å². The highest BCUT2D eigenvalue weighted by Crippen LogP contribution is 2.24. The Morgan fingerprint density at radius 1 is 1.00 bits per heavy atom. The standard InChI is InChI=1S/C22H29N7O2S/c1-15(2)21-26-20(14-28(21)4)32(30,31)27-18-9-7-17(8-10-18)24-22-23-16(3)13-19(25-22)29-11-5-6-12-29/h7-10,13-15,27H,5-6,11-12H2,1-4H3,(H,23,24,25). The number of aryl methyl sites for hydroxylation is 2. The molecule has 0 amide bonds. The summed E-state index contributed by atoms with van der Waals surface area (Å²) in [7, 11) is -1.98. The van der Waals surface area contributed by atoms with Crippen molar-refractivity contribution in [3.63, 3.8) is 0 Å². The Hall–Kier alpha value is -3.14. The van der Waals surface area contributed by atoms with Crippen molar-refractivity contribution < 1.29 is 8.42 Å². The van der Waals surface area contributed by atoms with Crippen LogP contribution in [-0.4, -0.2) is 41.0 Å². The third-order valence-electron chi connectivity index (χ3n) is 5.35. The monoisotopic (exact) mass is 455 g/mol. The van der Waals surface area contributed by atoms with Crippen LogP contribution in [0.3, 0.4) is 0 Å². The van der Waals surface area contributed by atoms with E-state index in [1.807, 2.05) is 26.8 Å². The number of anilines is 4. The fourth-order valence-electron chi connectivity index (χ4n) is 3.79. The summed E-state index contributed by atoms with van der Waals surface area (Å²) in [6, 6.07) is 8.97. The molecule has 1 aliphatic heterocycles. The number of hydrogen-bond donors (Lipinski definition) is 2. The van der Waals surface area contributed by atoms with E-state index in [0.29, 0.717) is 11.6 Å². The van der Waals surface area contributed by atoms with Gasteiger partial charge in [0.15, 0.2) is 5.03 Å². The van der Waals surface area contributed by atoms with Crippen molar-refractivity contribution in [2.75, 3.05) is 28.0 Å². The third-order valence-corrected chi connectivity index (χ3v) is 6.60. The molecule has 0 bridgehead atoms. The number of imidazole rings is 1. The predicted molar refractivity (Wildman–Crippen MR) is 126 cm³/mol. The molecule has 9 nitrogen and oxygen atoms in total. The summed E-state index contributed by atoms with van der Waals surface area (Å²) >= 11 is 0. The van der Waals surface area contributed by atoms with Gasteiger partial charge in [-0.2, -0.15) is 13.4 Å². The van der Waals surface area contributed by atoms with Crippen LogP contribution in [0.2, 0.25) is 0 Å². The fourth-order valence-corrected chi connectivity index (χ4v) is 4.85. The SMILES string of the molecule is Cc1cc(N2CCCC2)nc(Nc2ccc(NS(=O)(=O)c3cn(C)c(C(C)C)n3)cc2)n1. The van der Waals surface area contributed by atoms with Gasteiger partial charge in [-0.25, -0.2) is 9.97 Å². The second-order valence-electron chi connectivity index (χ2n) is 8.40. The summed E-state index contributed by atoms with van der Waals surface area (Å²) in [4.78, 5) is 15.7. The maximum atomic E-state index is 12.7. The summed E-state index contributed by atoms with van der Waals surface area (Å²) in [5, 5.41) is 3.22. The second kappa shape index (κ2) is 8.78. The quantitative estimate of drug-likeness (QED) is 0.558. The van der Waals surface area contributed by atoms with Gasteiger partial charge >= 0.3 is 0 Å². The normalized spacial score (nSPS) is 14.2. The zero-order chi connectivity index (χ0) is 22.9. The number of sulfonamides is 1. The molecule has 1 aromatic carbocycles. The van der Waals surface area contributed by atoms with Gasteiger partial charge in [-0.3, -0.25) is 4.72 Å². The molecular weight excluding hydrogens is 426 g/mol. The van der Waals surface area contributed by atoms with Crippen molar-refractivity contribution >= 4 is 33.2 Å². The minimum atomic E-state index is -3.77. The van der Waals surface area contributed by atoms with E-state index in [4.69, 9.17) is 0 Å². The Labute approximate surface area is 189 Å². The first-order valence-electron chi connectivity index (χ1n) is 10.7. The Balaban J connectivity index is 1.47. The maximum absolute atomic E-state index is 12.7. The van der Waals surface area contributed by atoms with Gasteiger partial charge in [0.25, 0.3) is 10.0 Å². The van der Waals surface area contributed by atoms with Gasteiger partial charge in [0, 0.05) is 55.4 Å². The first-order chi connectivity index (χ1) is 15.2. The molecule has 3 heterocycles. The molecule has 170 valence electrons. The van der Waals surface area contributed by atoms with Crippen LogP contribution in [0.25, 0.3) is 0 Å². The first kappa shape index (κ1) is 22.1. The van der Waals surface area contributed by atoms with E-state index in [-0.39, 0.29) is 10.9 Å². The second-order valence-corrected chi connectivity index (χ2v) is 10.0. The van der Waals surface area contributed by atoms with Crippen molar-refractivity contribution in [2.45, 2.75) is 44.6 Å². The van der Waals surface area contributed by atoms with E-state index in [9.17, 15) is 8.42 Å². The number of benzene rings is 1. The predicted octanol–water partition coefficient (Wildman–Crippen LogP) is 3.79. The molecule has 2 N–H and O–H groups in total. The molecule has 1 aliphatic rings. The molecule has 4 rings (SSSR count). The zero-order valence-electron chi connectivity index (χ0n) is 18.8. The van der Waals surface area contributed by atoms with Gasteiger partial charge in [-0.15, -0.1) is 0 Å². The highest BCUT2D eigenvalue weighted by atomic mass is 32.2. The average molecular weight is 456 g/mol. The van der Waals surface area contributed by atoms with Gasteiger partial charge < -0.3 is 14.8 Å². The van der Waals surface area contributed by atoms with Crippen molar-refractivity contribution in [3.05, 3.63) is 48.0 Å². The van der Waals surface area contributed by atoms with Crippen molar-refractivity contribution in [2.24, 2.45) is 7.05 Å². The average Bonchev–Trinajstić information content (AvgIpc) is 3.39. The van der Waals surface area contributed by atoms with Gasteiger partial charge in [-0.05, 0) is 44.0 Å². The van der Waals surface area contributed by atoms with E-state index in [1.54, 1.807) is 35.9 Å². The molecule has 0 unspecified atom stereocenters. The van der Waals surface area contributed by atoms with Crippen LogP contribution in [0.1, 0.15) is 44.1 Å². The Bertz CT molecular complexity index is 1200. The lowest BCUT2D eigenvalue weighted by molar-refractivity contribution is 0.597. The van der Waals surface area contributed by atoms with E-state index in [0.717, 1.165) is 36.1 Å². The Morgan fingerprint density at radius 2 is 1.66 bits per heavy atom. The highest BCUT2D eigenvalue weighted by molar-refractivity contribution is 7.92. The number of nitrogens with zero attached hydrogens (tertiary/aromatic N) is 5. The summed E-state index contributed by atoms with van der Waals surface area (Å²) < 4.78 is 29.8. The van der Waals surface area contributed by atoms with Crippen LogP contribution < -0.4 is 14.9 Å².